The van der Waals surface area contributed by atoms with Gasteiger partial charge in [-0.2, -0.15) is 0 Å². The maximum absolute atomic E-state index is 12.5. The minimum atomic E-state index is -0.203. The molecule has 2 aliphatic rings. The molecule has 1 N–H and O–H groups in total. The van der Waals surface area contributed by atoms with Crippen LogP contribution >= 0.6 is 0 Å². The van der Waals surface area contributed by atoms with E-state index in [-0.39, 0.29) is 23.8 Å². The molecule has 3 rings (SSSR count). The fourth-order valence-electron chi connectivity index (χ4n) is 2.88. The summed E-state index contributed by atoms with van der Waals surface area (Å²) in [4.78, 5) is 25.6. The summed E-state index contributed by atoms with van der Waals surface area (Å²) >= 11 is 0. The van der Waals surface area contributed by atoms with Gasteiger partial charge in [-0.1, -0.05) is 18.2 Å². The first-order chi connectivity index (χ1) is 8.66. The fraction of sp³-hybridized carbons (Fsp3) is 0.429. The van der Waals surface area contributed by atoms with Gasteiger partial charge in [-0.25, -0.2) is 0 Å². The zero-order valence-corrected chi connectivity index (χ0v) is 10.3. The van der Waals surface area contributed by atoms with Crippen LogP contribution in [0.25, 0.3) is 0 Å². The van der Waals surface area contributed by atoms with Crippen LogP contribution in [-0.2, 0) is 16.0 Å². The number of carbonyl (C=O) groups is 2. The first kappa shape index (κ1) is 11.3. The van der Waals surface area contributed by atoms with Gasteiger partial charge in [-0.3, -0.25) is 9.59 Å². The molecule has 4 nitrogen and oxygen atoms in total. The third-order valence-electron chi connectivity index (χ3n) is 3.77. The number of para-hydroxylation sites is 1. The average molecular weight is 244 g/mol. The molecule has 2 aliphatic heterocycles. The Labute approximate surface area is 106 Å². The Morgan fingerprint density at radius 1 is 1.33 bits per heavy atom. The van der Waals surface area contributed by atoms with Gasteiger partial charge in [0.05, 0.1) is 5.92 Å². The van der Waals surface area contributed by atoms with E-state index in [1.54, 1.807) is 0 Å². The summed E-state index contributed by atoms with van der Waals surface area (Å²) in [6.45, 7) is 2.53. The van der Waals surface area contributed by atoms with Crippen molar-refractivity contribution in [3.63, 3.8) is 0 Å². The van der Waals surface area contributed by atoms with E-state index >= 15 is 0 Å². The Kier molecular flexibility index (Phi) is 2.58. The summed E-state index contributed by atoms with van der Waals surface area (Å²) in [5.74, 6) is -0.148. The summed E-state index contributed by atoms with van der Waals surface area (Å²) in [6, 6.07) is 8.19. The largest absolute Gasteiger partial charge is 0.355 e. The van der Waals surface area contributed by atoms with Crippen molar-refractivity contribution < 1.29 is 9.59 Å². The SMILES string of the molecule is CC1Cc2ccccc2N1C(=O)C1CNC(=O)C1. The number of rotatable bonds is 1. The highest BCUT2D eigenvalue weighted by molar-refractivity contribution is 6.00. The van der Waals surface area contributed by atoms with Crippen LogP contribution in [0.3, 0.4) is 0 Å². The zero-order valence-electron chi connectivity index (χ0n) is 10.3. The predicted molar refractivity (Wildman–Crippen MR) is 68.2 cm³/mol. The molecule has 2 heterocycles. The number of nitrogens with one attached hydrogen (secondary N) is 1. The summed E-state index contributed by atoms with van der Waals surface area (Å²) in [5, 5.41) is 2.73. The molecule has 4 heteroatoms. The molecule has 94 valence electrons. The molecule has 1 saturated heterocycles. The highest BCUT2D eigenvalue weighted by atomic mass is 16.2. The molecule has 2 atom stereocenters. The minimum Gasteiger partial charge on any atom is -0.355 e. The van der Waals surface area contributed by atoms with Crippen LogP contribution in [0.1, 0.15) is 18.9 Å². The van der Waals surface area contributed by atoms with Crippen LogP contribution in [0.15, 0.2) is 24.3 Å². The molecule has 0 bridgehead atoms. The van der Waals surface area contributed by atoms with Gasteiger partial charge in [0.2, 0.25) is 11.8 Å². The molecule has 18 heavy (non-hydrogen) atoms. The number of hydrogen-bond donors (Lipinski definition) is 1. The Hall–Kier alpha value is -1.84. The van der Waals surface area contributed by atoms with Gasteiger partial charge < -0.3 is 10.2 Å². The molecular formula is C14H16N2O2. The molecule has 2 amide bonds. The molecule has 1 aromatic carbocycles. The number of hydrogen-bond acceptors (Lipinski definition) is 2. The summed E-state index contributed by atoms with van der Waals surface area (Å²) in [5.41, 5.74) is 2.23. The summed E-state index contributed by atoms with van der Waals surface area (Å²) in [7, 11) is 0. The number of amides is 2. The van der Waals surface area contributed by atoms with E-state index in [0.29, 0.717) is 13.0 Å². The molecule has 0 radical (unpaired) electrons. The quantitative estimate of drug-likeness (QED) is 0.804. The average Bonchev–Trinajstić information content (AvgIpc) is 2.91. The monoisotopic (exact) mass is 244 g/mol. The standard InChI is InChI=1S/C14H16N2O2/c1-9-6-10-4-2-3-5-12(10)16(9)14(18)11-7-13(17)15-8-11/h2-5,9,11H,6-8H2,1H3,(H,15,17). The Morgan fingerprint density at radius 2 is 2.11 bits per heavy atom. The molecule has 0 saturated carbocycles. The molecular weight excluding hydrogens is 228 g/mol. The van der Waals surface area contributed by atoms with E-state index in [4.69, 9.17) is 0 Å². The Bertz CT molecular complexity index is 512. The highest BCUT2D eigenvalue weighted by Crippen LogP contribution is 2.33. The Morgan fingerprint density at radius 3 is 2.83 bits per heavy atom. The number of nitrogens with zero attached hydrogens (tertiary/aromatic N) is 1. The van der Waals surface area contributed by atoms with Crippen molar-refractivity contribution in [2.75, 3.05) is 11.4 Å². The molecule has 1 aromatic rings. The van der Waals surface area contributed by atoms with Crippen LogP contribution in [0.5, 0.6) is 0 Å². The van der Waals surface area contributed by atoms with E-state index < -0.39 is 0 Å². The van der Waals surface area contributed by atoms with E-state index in [1.807, 2.05) is 23.1 Å². The molecule has 2 unspecified atom stereocenters. The van der Waals surface area contributed by atoms with Gasteiger partial charge in [-0.05, 0) is 25.0 Å². The van der Waals surface area contributed by atoms with Gasteiger partial charge in [0.1, 0.15) is 0 Å². The van der Waals surface area contributed by atoms with Crippen LogP contribution in [-0.4, -0.2) is 24.4 Å². The van der Waals surface area contributed by atoms with Crippen LogP contribution in [0, 0.1) is 5.92 Å². The number of fused-ring (bicyclic) bond motifs is 1. The van der Waals surface area contributed by atoms with Gasteiger partial charge in [0.15, 0.2) is 0 Å². The lowest BCUT2D eigenvalue weighted by molar-refractivity contribution is -0.124. The summed E-state index contributed by atoms with van der Waals surface area (Å²) < 4.78 is 0. The molecule has 0 aromatic heterocycles. The van der Waals surface area contributed by atoms with Crippen molar-refractivity contribution in [3.05, 3.63) is 29.8 Å². The van der Waals surface area contributed by atoms with Gasteiger partial charge in [0, 0.05) is 24.7 Å². The maximum Gasteiger partial charge on any atom is 0.232 e. The lowest BCUT2D eigenvalue weighted by atomic mass is 10.1. The van der Waals surface area contributed by atoms with Crippen LogP contribution in [0.4, 0.5) is 5.69 Å². The molecule has 0 aliphatic carbocycles. The lowest BCUT2D eigenvalue weighted by Gasteiger charge is -2.25. The second-order valence-electron chi connectivity index (χ2n) is 5.10. The maximum atomic E-state index is 12.5. The Balaban J connectivity index is 1.88. The first-order valence-corrected chi connectivity index (χ1v) is 6.34. The second kappa shape index (κ2) is 4.12. The number of carbonyl (C=O) groups excluding carboxylic acids is 2. The number of benzene rings is 1. The predicted octanol–water partition coefficient (Wildman–Crippen LogP) is 1.10. The summed E-state index contributed by atoms with van der Waals surface area (Å²) in [6.07, 6.45) is 1.22. The normalized spacial score (nSPS) is 26.1. The van der Waals surface area contributed by atoms with Crippen molar-refractivity contribution in [1.82, 2.24) is 5.32 Å². The van der Waals surface area contributed by atoms with E-state index in [0.717, 1.165) is 12.1 Å². The van der Waals surface area contributed by atoms with Crippen molar-refractivity contribution in [1.29, 1.82) is 0 Å². The van der Waals surface area contributed by atoms with E-state index in [9.17, 15) is 9.59 Å². The third kappa shape index (κ3) is 1.68. The van der Waals surface area contributed by atoms with Crippen molar-refractivity contribution in [3.8, 4) is 0 Å². The van der Waals surface area contributed by atoms with E-state index in [2.05, 4.69) is 18.3 Å². The van der Waals surface area contributed by atoms with E-state index in [1.165, 1.54) is 5.56 Å². The lowest BCUT2D eigenvalue weighted by Crippen LogP contribution is -2.40. The first-order valence-electron chi connectivity index (χ1n) is 6.34. The fourth-order valence-corrected chi connectivity index (χ4v) is 2.88. The number of anilines is 1. The van der Waals surface area contributed by atoms with Gasteiger partial charge >= 0.3 is 0 Å². The third-order valence-corrected chi connectivity index (χ3v) is 3.77. The molecule has 0 spiro atoms. The van der Waals surface area contributed by atoms with Crippen molar-refractivity contribution in [2.45, 2.75) is 25.8 Å². The minimum absolute atomic E-state index is 0.0199. The topological polar surface area (TPSA) is 49.4 Å². The smallest absolute Gasteiger partial charge is 0.232 e. The second-order valence-corrected chi connectivity index (χ2v) is 5.10. The highest BCUT2D eigenvalue weighted by Gasteiger charge is 2.37. The van der Waals surface area contributed by atoms with Crippen molar-refractivity contribution >= 4 is 17.5 Å². The zero-order chi connectivity index (χ0) is 12.7. The van der Waals surface area contributed by atoms with Crippen LogP contribution < -0.4 is 10.2 Å². The van der Waals surface area contributed by atoms with Crippen molar-refractivity contribution in [2.24, 2.45) is 5.92 Å². The molecule has 1 fully saturated rings. The van der Waals surface area contributed by atoms with Gasteiger partial charge in [-0.15, -0.1) is 0 Å². The van der Waals surface area contributed by atoms with Crippen LogP contribution in [0.2, 0.25) is 0 Å². The van der Waals surface area contributed by atoms with Gasteiger partial charge in [0.25, 0.3) is 0 Å².